The summed E-state index contributed by atoms with van der Waals surface area (Å²) in [4.78, 5) is 4.63. The molecule has 1 aromatic carbocycles. The predicted molar refractivity (Wildman–Crippen MR) is 110 cm³/mol. The van der Waals surface area contributed by atoms with Gasteiger partial charge in [-0.3, -0.25) is 4.98 Å². The molecule has 136 valence electrons. The SMILES string of the molecule is CC1(C)CCC(C)(C)c2cc(-c3ccnc(C4=CCNCC4)c3)ccc21. The molecule has 0 radical (unpaired) electrons. The van der Waals surface area contributed by atoms with E-state index in [1.807, 2.05) is 6.20 Å². The zero-order valence-electron chi connectivity index (χ0n) is 16.5. The van der Waals surface area contributed by atoms with Crippen molar-refractivity contribution >= 4 is 5.57 Å². The van der Waals surface area contributed by atoms with Gasteiger partial charge in [0, 0.05) is 12.7 Å². The molecule has 0 unspecified atom stereocenters. The van der Waals surface area contributed by atoms with E-state index in [0.29, 0.717) is 0 Å². The maximum Gasteiger partial charge on any atom is 0.0665 e. The van der Waals surface area contributed by atoms with Gasteiger partial charge in [-0.2, -0.15) is 0 Å². The van der Waals surface area contributed by atoms with E-state index in [1.54, 1.807) is 0 Å². The average molecular weight is 347 g/mol. The van der Waals surface area contributed by atoms with Crippen molar-refractivity contribution in [1.82, 2.24) is 10.3 Å². The van der Waals surface area contributed by atoms with E-state index in [0.717, 1.165) is 25.2 Å². The lowest BCUT2D eigenvalue weighted by Gasteiger charge is -2.42. The van der Waals surface area contributed by atoms with Crippen molar-refractivity contribution in [2.24, 2.45) is 0 Å². The summed E-state index contributed by atoms with van der Waals surface area (Å²) in [6.45, 7) is 11.5. The zero-order chi connectivity index (χ0) is 18.4. The Bertz CT molecular complexity index is 858. The number of rotatable bonds is 2. The Kier molecular flexibility index (Phi) is 4.27. The Morgan fingerprint density at radius 2 is 1.62 bits per heavy atom. The number of pyridine rings is 1. The molecular formula is C24H30N2. The molecule has 0 saturated carbocycles. The minimum atomic E-state index is 0.244. The molecule has 4 rings (SSSR count). The number of hydrogen-bond donors (Lipinski definition) is 1. The molecule has 0 atom stereocenters. The summed E-state index contributed by atoms with van der Waals surface area (Å²) >= 11 is 0. The average Bonchev–Trinajstić information content (AvgIpc) is 2.66. The number of hydrogen-bond acceptors (Lipinski definition) is 2. The van der Waals surface area contributed by atoms with Crippen molar-refractivity contribution in [2.45, 2.75) is 57.8 Å². The van der Waals surface area contributed by atoms with Crippen molar-refractivity contribution in [3.8, 4) is 11.1 Å². The van der Waals surface area contributed by atoms with E-state index in [-0.39, 0.29) is 10.8 Å². The summed E-state index contributed by atoms with van der Waals surface area (Å²) < 4.78 is 0. The second-order valence-corrected chi connectivity index (χ2v) is 9.14. The molecule has 0 spiro atoms. The van der Waals surface area contributed by atoms with Gasteiger partial charge in [-0.15, -0.1) is 0 Å². The highest BCUT2D eigenvalue weighted by Gasteiger charge is 2.36. The maximum atomic E-state index is 4.63. The van der Waals surface area contributed by atoms with Crippen LogP contribution in [0.15, 0.2) is 42.6 Å². The van der Waals surface area contributed by atoms with Crippen LogP contribution in [0.2, 0.25) is 0 Å². The van der Waals surface area contributed by atoms with Gasteiger partial charge in [0.05, 0.1) is 5.69 Å². The van der Waals surface area contributed by atoms with Gasteiger partial charge in [0.25, 0.3) is 0 Å². The first kappa shape index (κ1) is 17.5. The predicted octanol–water partition coefficient (Wildman–Crippen LogP) is 5.47. The summed E-state index contributed by atoms with van der Waals surface area (Å²) in [7, 11) is 0. The third kappa shape index (κ3) is 3.12. The second-order valence-electron chi connectivity index (χ2n) is 9.14. The van der Waals surface area contributed by atoms with Gasteiger partial charge in [0.15, 0.2) is 0 Å². The largest absolute Gasteiger partial charge is 0.313 e. The molecular weight excluding hydrogens is 316 g/mol. The topological polar surface area (TPSA) is 24.9 Å². The normalized spacial score (nSPS) is 21.0. The van der Waals surface area contributed by atoms with Crippen molar-refractivity contribution in [1.29, 1.82) is 0 Å². The summed E-state index contributed by atoms with van der Waals surface area (Å²) in [5.41, 5.74) is 8.63. The van der Waals surface area contributed by atoms with Crippen molar-refractivity contribution in [3.05, 3.63) is 59.4 Å². The highest BCUT2D eigenvalue weighted by molar-refractivity contribution is 5.72. The number of aromatic nitrogens is 1. The Labute approximate surface area is 157 Å². The number of nitrogens with one attached hydrogen (secondary N) is 1. The van der Waals surface area contributed by atoms with Crippen molar-refractivity contribution < 1.29 is 0 Å². The third-order valence-electron chi connectivity index (χ3n) is 6.34. The Morgan fingerprint density at radius 1 is 0.885 bits per heavy atom. The highest BCUT2D eigenvalue weighted by Crippen LogP contribution is 2.46. The summed E-state index contributed by atoms with van der Waals surface area (Å²) in [6, 6.07) is 11.5. The van der Waals surface area contributed by atoms with Gasteiger partial charge >= 0.3 is 0 Å². The minimum Gasteiger partial charge on any atom is -0.313 e. The summed E-state index contributed by atoms with van der Waals surface area (Å²) in [5.74, 6) is 0. The highest BCUT2D eigenvalue weighted by atomic mass is 14.9. The smallest absolute Gasteiger partial charge is 0.0665 e. The van der Waals surface area contributed by atoms with Crippen LogP contribution in [0.5, 0.6) is 0 Å². The van der Waals surface area contributed by atoms with E-state index in [4.69, 9.17) is 0 Å². The van der Waals surface area contributed by atoms with Gasteiger partial charge in [-0.1, -0.05) is 52.0 Å². The molecule has 0 saturated heterocycles. The fraction of sp³-hybridized carbons (Fsp3) is 0.458. The van der Waals surface area contributed by atoms with Crippen LogP contribution in [-0.2, 0) is 10.8 Å². The number of benzene rings is 1. The monoisotopic (exact) mass is 346 g/mol. The first-order valence-electron chi connectivity index (χ1n) is 9.88. The molecule has 0 amide bonds. The fourth-order valence-corrected chi connectivity index (χ4v) is 4.41. The van der Waals surface area contributed by atoms with Crippen molar-refractivity contribution in [2.75, 3.05) is 13.1 Å². The Hall–Kier alpha value is -1.93. The molecule has 2 aliphatic rings. The molecule has 0 fully saturated rings. The molecule has 2 heterocycles. The first-order chi connectivity index (χ1) is 12.4. The molecule has 1 aliphatic carbocycles. The first-order valence-corrected chi connectivity index (χ1v) is 9.88. The van der Waals surface area contributed by atoms with Crippen LogP contribution in [0.25, 0.3) is 16.7 Å². The Morgan fingerprint density at radius 3 is 2.35 bits per heavy atom. The van der Waals surface area contributed by atoms with E-state index in [9.17, 15) is 0 Å². The lowest BCUT2D eigenvalue weighted by atomic mass is 9.63. The fourth-order valence-electron chi connectivity index (χ4n) is 4.41. The van der Waals surface area contributed by atoms with E-state index < -0.39 is 0 Å². The quantitative estimate of drug-likeness (QED) is 0.779. The molecule has 0 bridgehead atoms. The standard InChI is InChI=1S/C24H30N2/c1-23(2)10-11-24(3,4)21-15-18(5-6-20(21)23)19-9-14-26-22(16-19)17-7-12-25-13-8-17/h5-7,9,14-16,25H,8,10-13H2,1-4H3. The van der Waals surface area contributed by atoms with E-state index >= 15 is 0 Å². The van der Waals surface area contributed by atoms with Crippen molar-refractivity contribution in [3.63, 3.8) is 0 Å². The van der Waals surface area contributed by atoms with Gasteiger partial charge < -0.3 is 5.32 Å². The summed E-state index contributed by atoms with van der Waals surface area (Å²) in [6.07, 6.45) is 7.80. The van der Waals surface area contributed by atoms with Crippen LogP contribution in [0.3, 0.4) is 0 Å². The van der Waals surface area contributed by atoms with Crippen LogP contribution < -0.4 is 5.32 Å². The second kappa shape index (κ2) is 6.35. The Balaban J connectivity index is 1.77. The summed E-state index contributed by atoms with van der Waals surface area (Å²) in [5, 5.41) is 3.38. The number of fused-ring (bicyclic) bond motifs is 1. The van der Waals surface area contributed by atoms with Gasteiger partial charge in [0.2, 0.25) is 0 Å². The lowest BCUT2D eigenvalue weighted by Crippen LogP contribution is -2.33. The molecule has 2 heteroatoms. The van der Waals surface area contributed by atoms with Crippen LogP contribution in [0.4, 0.5) is 0 Å². The number of nitrogens with zero attached hydrogens (tertiary/aromatic N) is 1. The maximum absolute atomic E-state index is 4.63. The van der Waals surface area contributed by atoms with Crippen LogP contribution in [0.1, 0.15) is 63.8 Å². The van der Waals surface area contributed by atoms with Gasteiger partial charge in [0.1, 0.15) is 0 Å². The van der Waals surface area contributed by atoms with Gasteiger partial charge in [-0.05, 0) is 76.6 Å². The van der Waals surface area contributed by atoms with E-state index in [2.05, 4.69) is 74.4 Å². The van der Waals surface area contributed by atoms with Crippen LogP contribution >= 0.6 is 0 Å². The molecule has 2 aromatic rings. The molecule has 1 aliphatic heterocycles. The molecule has 26 heavy (non-hydrogen) atoms. The van der Waals surface area contributed by atoms with E-state index in [1.165, 1.54) is 40.7 Å². The van der Waals surface area contributed by atoms with Crippen LogP contribution in [0, 0.1) is 0 Å². The molecule has 1 N–H and O–H groups in total. The van der Waals surface area contributed by atoms with Crippen LogP contribution in [-0.4, -0.2) is 18.1 Å². The minimum absolute atomic E-state index is 0.244. The molecule has 2 nitrogen and oxygen atoms in total. The van der Waals surface area contributed by atoms with Gasteiger partial charge in [-0.25, -0.2) is 0 Å². The molecule has 1 aromatic heterocycles. The zero-order valence-corrected chi connectivity index (χ0v) is 16.5. The lowest BCUT2D eigenvalue weighted by molar-refractivity contribution is 0.332. The third-order valence-corrected chi connectivity index (χ3v) is 6.34.